The number of benzene rings is 2. The molecule has 3 rings (SSSR count). The minimum atomic E-state index is -0.614. The van der Waals surface area contributed by atoms with Gasteiger partial charge in [0.05, 0.1) is 29.4 Å². The first-order chi connectivity index (χ1) is 11.7. The van der Waals surface area contributed by atoms with Crippen molar-refractivity contribution in [2.24, 2.45) is 0 Å². The molecule has 0 aliphatic heterocycles. The standard InChI is InChI=1S/C18H14N2O4/c1-2-23-17(21)12-7-9-13(10-8-12)24-18(22)16-11-19-14-5-3-4-6-15(14)20-16/h3-11H,2H2,1H3. The summed E-state index contributed by atoms with van der Waals surface area (Å²) in [5.74, 6) is -0.726. The lowest BCUT2D eigenvalue weighted by molar-refractivity contribution is 0.0526. The van der Waals surface area contributed by atoms with Gasteiger partial charge in [-0.15, -0.1) is 0 Å². The van der Waals surface area contributed by atoms with E-state index < -0.39 is 11.9 Å². The van der Waals surface area contributed by atoms with Crippen molar-refractivity contribution < 1.29 is 19.1 Å². The van der Waals surface area contributed by atoms with E-state index in [9.17, 15) is 9.59 Å². The first-order valence-electron chi connectivity index (χ1n) is 7.38. The predicted octanol–water partition coefficient (Wildman–Crippen LogP) is 3.03. The summed E-state index contributed by atoms with van der Waals surface area (Å²) < 4.78 is 10.1. The van der Waals surface area contributed by atoms with Crippen LogP contribution in [-0.2, 0) is 4.74 Å². The lowest BCUT2D eigenvalue weighted by atomic mass is 10.2. The Kier molecular flexibility index (Phi) is 4.47. The first kappa shape index (κ1) is 15.6. The van der Waals surface area contributed by atoms with Gasteiger partial charge in [0.1, 0.15) is 5.75 Å². The number of esters is 2. The summed E-state index contributed by atoms with van der Waals surface area (Å²) in [6.45, 7) is 2.04. The van der Waals surface area contributed by atoms with E-state index >= 15 is 0 Å². The van der Waals surface area contributed by atoms with Crippen molar-refractivity contribution in [3.05, 3.63) is 66.0 Å². The zero-order valence-electron chi connectivity index (χ0n) is 12.9. The van der Waals surface area contributed by atoms with Gasteiger partial charge in [0.15, 0.2) is 5.69 Å². The van der Waals surface area contributed by atoms with Crippen LogP contribution < -0.4 is 4.74 Å². The molecule has 0 saturated carbocycles. The quantitative estimate of drug-likeness (QED) is 0.543. The van der Waals surface area contributed by atoms with Crippen LogP contribution in [0.1, 0.15) is 27.8 Å². The van der Waals surface area contributed by atoms with Gasteiger partial charge < -0.3 is 9.47 Å². The van der Waals surface area contributed by atoms with Crippen molar-refractivity contribution in [1.82, 2.24) is 9.97 Å². The monoisotopic (exact) mass is 322 g/mol. The number of hydrogen-bond acceptors (Lipinski definition) is 6. The Balaban J connectivity index is 1.74. The highest BCUT2D eigenvalue weighted by molar-refractivity contribution is 5.91. The highest BCUT2D eigenvalue weighted by atomic mass is 16.5. The fourth-order valence-corrected chi connectivity index (χ4v) is 2.09. The molecule has 0 amide bonds. The molecule has 1 heterocycles. The molecule has 0 N–H and O–H groups in total. The highest BCUT2D eigenvalue weighted by Crippen LogP contribution is 2.15. The van der Waals surface area contributed by atoms with Gasteiger partial charge >= 0.3 is 11.9 Å². The van der Waals surface area contributed by atoms with Gasteiger partial charge in [-0.1, -0.05) is 12.1 Å². The van der Waals surface area contributed by atoms with Crippen molar-refractivity contribution in [1.29, 1.82) is 0 Å². The molecule has 0 aliphatic carbocycles. The fraction of sp³-hybridized carbons (Fsp3) is 0.111. The maximum absolute atomic E-state index is 12.2. The number of ether oxygens (including phenoxy) is 2. The molecule has 24 heavy (non-hydrogen) atoms. The topological polar surface area (TPSA) is 78.4 Å². The Morgan fingerprint density at radius 1 is 0.958 bits per heavy atom. The minimum absolute atomic E-state index is 0.114. The van der Waals surface area contributed by atoms with E-state index in [1.54, 1.807) is 13.0 Å². The molecule has 120 valence electrons. The van der Waals surface area contributed by atoms with Crippen LogP contribution in [-0.4, -0.2) is 28.5 Å². The van der Waals surface area contributed by atoms with E-state index in [-0.39, 0.29) is 5.69 Å². The Hall–Kier alpha value is -3.28. The first-order valence-corrected chi connectivity index (χ1v) is 7.38. The molecular weight excluding hydrogens is 308 g/mol. The molecular formula is C18H14N2O4. The Morgan fingerprint density at radius 3 is 2.38 bits per heavy atom. The molecule has 1 aromatic heterocycles. The van der Waals surface area contributed by atoms with E-state index in [1.165, 1.54) is 30.5 Å². The summed E-state index contributed by atoms with van der Waals surface area (Å²) in [6, 6.07) is 13.4. The summed E-state index contributed by atoms with van der Waals surface area (Å²) in [6.07, 6.45) is 1.37. The lowest BCUT2D eigenvalue weighted by Crippen LogP contribution is -2.11. The van der Waals surface area contributed by atoms with Crippen LogP contribution in [0.15, 0.2) is 54.7 Å². The smallest absolute Gasteiger partial charge is 0.363 e. The van der Waals surface area contributed by atoms with Crippen LogP contribution in [0.25, 0.3) is 11.0 Å². The van der Waals surface area contributed by atoms with Gasteiger partial charge in [-0.25, -0.2) is 14.6 Å². The third kappa shape index (κ3) is 3.38. The van der Waals surface area contributed by atoms with Gasteiger partial charge in [0.25, 0.3) is 0 Å². The van der Waals surface area contributed by atoms with Crippen molar-refractivity contribution in [2.75, 3.05) is 6.61 Å². The molecule has 6 nitrogen and oxygen atoms in total. The van der Waals surface area contributed by atoms with Crippen LogP contribution in [0, 0.1) is 0 Å². The van der Waals surface area contributed by atoms with Gasteiger partial charge in [-0.05, 0) is 43.3 Å². The van der Waals surface area contributed by atoms with E-state index in [0.717, 1.165) is 0 Å². The molecule has 6 heteroatoms. The number of carbonyl (C=O) groups excluding carboxylic acids is 2. The number of nitrogens with zero attached hydrogens (tertiary/aromatic N) is 2. The number of hydrogen-bond donors (Lipinski definition) is 0. The van der Waals surface area contributed by atoms with Crippen LogP contribution >= 0.6 is 0 Å². The number of aromatic nitrogens is 2. The van der Waals surface area contributed by atoms with Crippen molar-refractivity contribution in [3.8, 4) is 5.75 Å². The predicted molar refractivity (Wildman–Crippen MR) is 86.9 cm³/mol. The largest absolute Gasteiger partial charge is 0.462 e. The number of fused-ring (bicyclic) bond motifs is 1. The summed E-state index contributed by atoms with van der Waals surface area (Å²) in [5, 5.41) is 0. The summed E-state index contributed by atoms with van der Waals surface area (Å²) in [5.41, 5.74) is 1.82. The van der Waals surface area contributed by atoms with Crippen LogP contribution in [0.3, 0.4) is 0 Å². The fourth-order valence-electron chi connectivity index (χ4n) is 2.09. The van der Waals surface area contributed by atoms with Gasteiger partial charge in [0.2, 0.25) is 0 Å². The zero-order chi connectivity index (χ0) is 16.9. The summed E-state index contributed by atoms with van der Waals surface area (Å²) in [4.78, 5) is 32.1. The third-order valence-electron chi connectivity index (χ3n) is 3.23. The van der Waals surface area contributed by atoms with E-state index in [4.69, 9.17) is 9.47 Å². The van der Waals surface area contributed by atoms with Crippen molar-refractivity contribution in [2.45, 2.75) is 6.92 Å². The molecule has 2 aromatic carbocycles. The number of para-hydroxylation sites is 2. The SMILES string of the molecule is CCOC(=O)c1ccc(OC(=O)c2cnc3ccccc3n2)cc1. The van der Waals surface area contributed by atoms with Crippen molar-refractivity contribution in [3.63, 3.8) is 0 Å². The number of rotatable bonds is 4. The zero-order valence-corrected chi connectivity index (χ0v) is 12.9. The molecule has 0 radical (unpaired) electrons. The molecule has 0 fully saturated rings. The molecule has 0 bridgehead atoms. The van der Waals surface area contributed by atoms with E-state index in [1.807, 2.05) is 18.2 Å². The molecule has 0 unspecified atom stereocenters. The molecule has 0 aliphatic rings. The molecule has 0 spiro atoms. The van der Waals surface area contributed by atoms with E-state index in [2.05, 4.69) is 9.97 Å². The highest BCUT2D eigenvalue weighted by Gasteiger charge is 2.13. The second kappa shape index (κ2) is 6.87. The second-order valence-electron chi connectivity index (χ2n) is 4.88. The second-order valence-corrected chi connectivity index (χ2v) is 4.88. The normalized spacial score (nSPS) is 10.4. The summed E-state index contributed by atoms with van der Waals surface area (Å²) >= 11 is 0. The Labute approximate surface area is 138 Å². The summed E-state index contributed by atoms with van der Waals surface area (Å²) in [7, 11) is 0. The number of carbonyl (C=O) groups is 2. The molecule has 3 aromatic rings. The lowest BCUT2D eigenvalue weighted by Gasteiger charge is -2.06. The Bertz CT molecular complexity index is 891. The average molecular weight is 322 g/mol. The Morgan fingerprint density at radius 2 is 1.67 bits per heavy atom. The van der Waals surface area contributed by atoms with E-state index in [0.29, 0.717) is 29.0 Å². The van der Waals surface area contributed by atoms with Gasteiger partial charge in [-0.2, -0.15) is 0 Å². The maximum Gasteiger partial charge on any atom is 0.363 e. The molecule has 0 saturated heterocycles. The van der Waals surface area contributed by atoms with Crippen molar-refractivity contribution >= 4 is 23.0 Å². The van der Waals surface area contributed by atoms with Crippen LogP contribution in [0.4, 0.5) is 0 Å². The average Bonchev–Trinajstić information content (AvgIpc) is 2.62. The third-order valence-corrected chi connectivity index (χ3v) is 3.23. The molecule has 0 atom stereocenters. The van der Waals surface area contributed by atoms with Gasteiger partial charge in [-0.3, -0.25) is 4.98 Å². The van der Waals surface area contributed by atoms with Gasteiger partial charge in [0, 0.05) is 0 Å². The van der Waals surface area contributed by atoms with Crippen LogP contribution in [0.5, 0.6) is 5.75 Å². The minimum Gasteiger partial charge on any atom is -0.462 e. The van der Waals surface area contributed by atoms with Crippen LogP contribution in [0.2, 0.25) is 0 Å². The maximum atomic E-state index is 12.2.